The number of fused-ring (bicyclic) bond motifs is 2. The van der Waals surface area contributed by atoms with Crippen LogP contribution >= 0.6 is 11.6 Å². The summed E-state index contributed by atoms with van der Waals surface area (Å²) in [6, 6.07) is 5.18. The number of piperidine rings is 1. The first-order valence-electron chi connectivity index (χ1n) is 12.1. The molecule has 12 heteroatoms. The molecule has 9 nitrogen and oxygen atoms in total. The molecule has 0 unspecified atom stereocenters. The molecule has 190 valence electrons. The van der Waals surface area contributed by atoms with Gasteiger partial charge in [-0.05, 0) is 43.9 Å². The van der Waals surface area contributed by atoms with Crippen LogP contribution in [-0.2, 0) is 7.05 Å². The van der Waals surface area contributed by atoms with Gasteiger partial charge in [0.15, 0.2) is 11.5 Å². The van der Waals surface area contributed by atoms with Gasteiger partial charge in [0.2, 0.25) is 5.95 Å². The summed E-state index contributed by atoms with van der Waals surface area (Å²) in [6.45, 7) is 0.230. The third-order valence-electron chi connectivity index (χ3n) is 7.44. The first kappa shape index (κ1) is 23.4. The SMILES string of the molecule is Cn1c(=O)n(C2CCC(O)CC2)c2nc(-n3cnc4ccc(Cl)cc43)nc(N3CCC(F)(F)CC3)c21. The number of hydrogen-bond acceptors (Lipinski definition) is 6. The topological polar surface area (TPSA) is 94.0 Å². The van der Waals surface area contributed by atoms with E-state index < -0.39 is 5.92 Å². The van der Waals surface area contributed by atoms with Crippen molar-refractivity contribution in [1.29, 1.82) is 0 Å². The number of aliphatic hydroxyl groups is 1. The van der Waals surface area contributed by atoms with Gasteiger partial charge in [-0.1, -0.05) is 11.6 Å². The maximum atomic E-state index is 14.0. The molecule has 0 spiro atoms. The number of anilines is 1. The molecular weight excluding hydrogens is 492 g/mol. The molecule has 0 atom stereocenters. The minimum Gasteiger partial charge on any atom is -0.393 e. The summed E-state index contributed by atoms with van der Waals surface area (Å²) < 4.78 is 32.9. The summed E-state index contributed by atoms with van der Waals surface area (Å²) in [6.07, 6.45) is 3.15. The Bertz CT molecular complexity index is 1510. The quantitative estimate of drug-likeness (QED) is 0.444. The van der Waals surface area contributed by atoms with Gasteiger partial charge in [0.05, 0.1) is 17.1 Å². The number of aliphatic hydroxyl groups excluding tert-OH is 1. The number of aromatic nitrogens is 6. The van der Waals surface area contributed by atoms with Crippen molar-refractivity contribution in [3.05, 3.63) is 40.0 Å². The van der Waals surface area contributed by atoms with Crippen LogP contribution in [-0.4, -0.2) is 58.9 Å². The standard InChI is InChI=1S/C24H26ClF2N7O2/c1-31-19-20(32-10-8-24(26,27)9-11-32)29-22(33-13-28-17-7-2-14(25)12-18(17)33)30-21(19)34(23(31)36)15-3-5-16(35)6-4-15/h2,7,12-13,15-16,35H,3-6,8-11H2,1H3. The van der Waals surface area contributed by atoms with Crippen molar-refractivity contribution in [3.8, 4) is 5.95 Å². The second kappa shape index (κ2) is 8.52. The Kier molecular flexibility index (Phi) is 5.52. The summed E-state index contributed by atoms with van der Waals surface area (Å²) in [5.41, 5.74) is 2.13. The number of halogens is 3. The van der Waals surface area contributed by atoms with Crippen LogP contribution in [0.4, 0.5) is 14.6 Å². The third kappa shape index (κ3) is 3.85. The van der Waals surface area contributed by atoms with Crippen molar-refractivity contribution in [2.75, 3.05) is 18.0 Å². The summed E-state index contributed by atoms with van der Waals surface area (Å²) in [7, 11) is 1.66. The van der Waals surface area contributed by atoms with Crippen LogP contribution in [0.5, 0.6) is 0 Å². The lowest BCUT2D eigenvalue weighted by molar-refractivity contribution is -0.0221. The van der Waals surface area contributed by atoms with Gasteiger partial charge in [0, 0.05) is 44.0 Å². The molecule has 1 saturated carbocycles. The summed E-state index contributed by atoms with van der Waals surface area (Å²) in [4.78, 5) is 29.4. The van der Waals surface area contributed by atoms with E-state index in [1.165, 1.54) is 4.57 Å². The lowest BCUT2D eigenvalue weighted by Gasteiger charge is -2.33. The highest BCUT2D eigenvalue weighted by Gasteiger charge is 2.36. The number of aryl methyl sites for hydroxylation is 1. The molecule has 1 aliphatic heterocycles. The second-order valence-corrected chi connectivity index (χ2v) is 10.2. The molecule has 1 aromatic carbocycles. The fraction of sp³-hybridized carbons (Fsp3) is 0.500. The number of nitrogens with zero attached hydrogens (tertiary/aromatic N) is 7. The van der Waals surface area contributed by atoms with Crippen molar-refractivity contribution in [2.45, 2.75) is 56.6 Å². The maximum absolute atomic E-state index is 14.0. The molecule has 6 rings (SSSR count). The molecule has 4 aromatic rings. The molecule has 1 N–H and O–H groups in total. The average Bonchev–Trinajstić information content (AvgIpc) is 3.37. The number of benzene rings is 1. The number of rotatable bonds is 3. The van der Waals surface area contributed by atoms with E-state index in [1.807, 2.05) is 4.90 Å². The Morgan fingerprint density at radius 2 is 1.83 bits per heavy atom. The highest BCUT2D eigenvalue weighted by Crippen LogP contribution is 2.35. The molecule has 3 aromatic heterocycles. The molecule has 1 aliphatic carbocycles. The van der Waals surface area contributed by atoms with E-state index >= 15 is 0 Å². The van der Waals surface area contributed by atoms with E-state index in [2.05, 4.69) is 4.98 Å². The van der Waals surface area contributed by atoms with Crippen LogP contribution in [0.25, 0.3) is 28.1 Å². The minimum absolute atomic E-state index is 0.115. The highest BCUT2D eigenvalue weighted by molar-refractivity contribution is 6.31. The second-order valence-electron chi connectivity index (χ2n) is 9.78. The monoisotopic (exact) mass is 517 g/mol. The van der Waals surface area contributed by atoms with Crippen molar-refractivity contribution in [1.82, 2.24) is 28.7 Å². The predicted molar refractivity (Wildman–Crippen MR) is 132 cm³/mol. The van der Waals surface area contributed by atoms with E-state index in [1.54, 1.807) is 40.7 Å². The van der Waals surface area contributed by atoms with Gasteiger partial charge < -0.3 is 10.0 Å². The van der Waals surface area contributed by atoms with Gasteiger partial charge in [-0.2, -0.15) is 9.97 Å². The van der Waals surface area contributed by atoms with Gasteiger partial charge in [-0.3, -0.25) is 13.7 Å². The van der Waals surface area contributed by atoms with Crippen molar-refractivity contribution >= 4 is 39.6 Å². The minimum atomic E-state index is -2.72. The number of imidazole rings is 2. The summed E-state index contributed by atoms with van der Waals surface area (Å²) >= 11 is 6.24. The Balaban J connectivity index is 1.58. The van der Waals surface area contributed by atoms with Gasteiger partial charge in [0.25, 0.3) is 5.92 Å². The third-order valence-corrected chi connectivity index (χ3v) is 7.68. The molecule has 4 heterocycles. The van der Waals surface area contributed by atoms with E-state index in [9.17, 15) is 18.7 Å². The van der Waals surface area contributed by atoms with E-state index in [0.717, 1.165) is 0 Å². The van der Waals surface area contributed by atoms with E-state index in [-0.39, 0.29) is 49.7 Å². The average molecular weight is 518 g/mol. The molecule has 2 fully saturated rings. The van der Waals surface area contributed by atoms with Crippen LogP contribution < -0.4 is 10.6 Å². The smallest absolute Gasteiger partial charge is 0.330 e. The Hall–Kier alpha value is -3.05. The molecule has 2 aliphatic rings. The Labute approximate surface area is 209 Å². The van der Waals surface area contributed by atoms with Crippen molar-refractivity contribution in [2.24, 2.45) is 7.05 Å². The summed E-state index contributed by atoms with van der Waals surface area (Å²) in [5.74, 6) is -1.98. The molecule has 36 heavy (non-hydrogen) atoms. The largest absolute Gasteiger partial charge is 0.393 e. The lowest BCUT2D eigenvalue weighted by Crippen LogP contribution is -2.40. The predicted octanol–water partition coefficient (Wildman–Crippen LogP) is 3.83. The van der Waals surface area contributed by atoms with Gasteiger partial charge in [-0.25, -0.2) is 18.6 Å². The van der Waals surface area contributed by atoms with Crippen LogP contribution in [0, 0.1) is 0 Å². The van der Waals surface area contributed by atoms with Gasteiger partial charge in [-0.15, -0.1) is 0 Å². The van der Waals surface area contributed by atoms with Crippen LogP contribution in [0.2, 0.25) is 5.02 Å². The molecule has 0 amide bonds. The van der Waals surface area contributed by atoms with E-state index in [4.69, 9.17) is 21.6 Å². The molecule has 1 saturated heterocycles. The Morgan fingerprint density at radius 1 is 1.11 bits per heavy atom. The molecule has 0 radical (unpaired) electrons. The molecule has 0 bridgehead atoms. The highest BCUT2D eigenvalue weighted by atomic mass is 35.5. The first-order chi connectivity index (χ1) is 17.2. The van der Waals surface area contributed by atoms with Gasteiger partial charge >= 0.3 is 5.69 Å². The number of alkyl halides is 2. The Morgan fingerprint density at radius 3 is 2.56 bits per heavy atom. The number of hydrogen-bond donors (Lipinski definition) is 1. The normalized spacial score (nSPS) is 22.5. The summed E-state index contributed by atoms with van der Waals surface area (Å²) in [5, 5.41) is 10.5. The zero-order valence-electron chi connectivity index (χ0n) is 19.7. The van der Waals surface area contributed by atoms with Crippen LogP contribution in [0.3, 0.4) is 0 Å². The molecular formula is C24H26ClF2N7O2. The van der Waals surface area contributed by atoms with Crippen molar-refractivity contribution in [3.63, 3.8) is 0 Å². The van der Waals surface area contributed by atoms with Crippen LogP contribution in [0.15, 0.2) is 29.3 Å². The fourth-order valence-corrected chi connectivity index (χ4v) is 5.56. The van der Waals surface area contributed by atoms with Crippen LogP contribution in [0.1, 0.15) is 44.6 Å². The zero-order valence-corrected chi connectivity index (χ0v) is 20.5. The maximum Gasteiger partial charge on any atom is 0.330 e. The zero-order chi connectivity index (χ0) is 25.2. The fourth-order valence-electron chi connectivity index (χ4n) is 5.40. The van der Waals surface area contributed by atoms with Crippen molar-refractivity contribution < 1.29 is 13.9 Å². The van der Waals surface area contributed by atoms with E-state index in [0.29, 0.717) is 58.7 Å². The van der Waals surface area contributed by atoms with Gasteiger partial charge in [0.1, 0.15) is 11.8 Å². The lowest BCUT2D eigenvalue weighted by atomic mass is 9.93. The first-order valence-corrected chi connectivity index (χ1v) is 12.5.